The van der Waals surface area contributed by atoms with Crippen LogP contribution in [0.15, 0.2) is 140 Å². The summed E-state index contributed by atoms with van der Waals surface area (Å²) >= 11 is 1.89. The number of nitrogens with zero attached hydrogens (tertiary/aromatic N) is 1. The molecule has 7 aromatic carbocycles. The van der Waals surface area contributed by atoms with Gasteiger partial charge in [0, 0.05) is 36.6 Å². The van der Waals surface area contributed by atoms with E-state index in [0.717, 1.165) is 0 Å². The first-order valence-corrected chi connectivity index (χ1v) is 14.5. The second-order valence-electron chi connectivity index (χ2n) is 10.5. The number of aromatic nitrogens is 1. The topological polar surface area (TPSA) is 4.93 Å². The minimum Gasteiger partial charge on any atom is -0.309 e. The maximum Gasteiger partial charge on any atom is 0.0547 e. The average Bonchev–Trinajstić information content (AvgIpc) is 3.57. The largest absolute Gasteiger partial charge is 0.309 e. The van der Waals surface area contributed by atoms with Crippen molar-refractivity contribution < 1.29 is 0 Å². The van der Waals surface area contributed by atoms with Crippen molar-refractivity contribution in [1.29, 1.82) is 0 Å². The van der Waals surface area contributed by atoms with Crippen LogP contribution >= 0.6 is 11.3 Å². The molecule has 1 nitrogen and oxygen atoms in total. The Morgan fingerprint density at radius 2 is 1.05 bits per heavy atom. The van der Waals surface area contributed by atoms with Crippen LogP contribution in [0.3, 0.4) is 0 Å². The maximum atomic E-state index is 2.42. The van der Waals surface area contributed by atoms with Gasteiger partial charge in [-0.15, -0.1) is 11.3 Å². The summed E-state index contributed by atoms with van der Waals surface area (Å²) in [5, 5.41) is 10.6. The van der Waals surface area contributed by atoms with Crippen LogP contribution in [-0.4, -0.2) is 4.57 Å². The van der Waals surface area contributed by atoms with E-state index in [2.05, 4.69) is 144 Å². The van der Waals surface area contributed by atoms with Gasteiger partial charge >= 0.3 is 0 Å². The Labute approximate surface area is 235 Å². The fourth-order valence-corrected chi connectivity index (χ4v) is 7.74. The van der Waals surface area contributed by atoms with Gasteiger partial charge in [-0.2, -0.15) is 0 Å². The summed E-state index contributed by atoms with van der Waals surface area (Å²) in [5.74, 6) is 0. The first-order valence-electron chi connectivity index (χ1n) is 13.7. The predicted octanol–water partition coefficient (Wildman–Crippen LogP) is 11.1. The second-order valence-corrected chi connectivity index (χ2v) is 11.6. The molecule has 186 valence electrons. The SMILES string of the molecule is c1ccc(-c2ccc(-n3c4ccccc4c4c5ccc6ccc7sc8ccccc8c7c6c5ccc43)cc2)cc1. The molecule has 0 unspecified atom stereocenters. The van der Waals surface area contributed by atoms with Gasteiger partial charge in [0.2, 0.25) is 0 Å². The third kappa shape index (κ3) is 3.03. The lowest BCUT2D eigenvalue weighted by Gasteiger charge is -2.11. The lowest BCUT2D eigenvalue weighted by Crippen LogP contribution is -1.93. The van der Waals surface area contributed by atoms with Crippen LogP contribution in [0.5, 0.6) is 0 Å². The number of fused-ring (bicyclic) bond motifs is 11. The Morgan fingerprint density at radius 1 is 0.375 bits per heavy atom. The van der Waals surface area contributed by atoms with Gasteiger partial charge in [-0.05, 0) is 69.1 Å². The molecule has 0 aliphatic heterocycles. The lowest BCUT2D eigenvalue weighted by atomic mass is 9.95. The van der Waals surface area contributed by atoms with Gasteiger partial charge in [-0.3, -0.25) is 0 Å². The Balaban J connectivity index is 1.37. The smallest absolute Gasteiger partial charge is 0.0547 e. The third-order valence-corrected chi connectivity index (χ3v) is 9.52. The van der Waals surface area contributed by atoms with Crippen molar-refractivity contribution in [2.24, 2.45) is 0 Å². The van der Waals surface area contributed by atoms with E-state index in [1.807, 2.05) is 11.3 Å². The van der Waals surface area contributed by atoms with Crippen molar-refractivity contribution >= 4 is 74.9 Å². The van der Waals surface area contributed by atoms with Crippen molar-refractivity contribution in [1.82, 2.24) is 4.57 Å². The molecule has 0 bridgehead atoms. The van der Waals surface area contributed by atoms with Crippen LogP contribution in [0, 0.1) is 0 Å². The van der Waals surface area contributed by atoms with E-state index in [0.29, 0.717) is 0 Å². The maximum absolute atomic E-state index is 2.42. The standard InChI is InChI=1S/C38H23NS/c1-2-8-24(9-3-1)25-14-18-27(19-15-25)39-32-12-6-4-10-30(32)37-29-20-16-26-17-23-35-38(31-11-5-7-13-34(31)40-35)36(26)28(29)21-22-33(37)39/h1-23H. The molecule has 0 atom stereocenters. The Morgan fingerprint density at radius 3 is 1.93 bits per heavy atom. The van der Waals surface area contributed by atoms with Crippen LogP contribution in [0.4, 0.5) is 0 Å². The molecule has 0 saturated carbocycles. The van der Waals surface area contributed by atoms with Crippen LogP contribution in [0.1, 0.15) is 0 Å². The highest BCUT2D eigenvalue weighted by atomic mass is 32.1. The molecule has 9 aromatic rings. The lowest BCUT2D eigenvalue weighted by molar-refractivity contribution is 1.18. The van der Waals surface area contributed by atoms with Crippen molar-refractivity contribution in [2.75, 3.05) is 0 Å². The van der Waals surface area contributed by atoms with Crippen molar-refractivity contribution in [3.05, 3.63) is 140 Å². The van der Waals surface area contributed by atoms with E-state index in [4.69, 9.17) is 0 Å². The highest BCUT2D eigenvalue weighted by Crippen LogP contribution is 2.44. The number of hydrogen-bond acceptors (Lipinski definition) is 1. The fourth-order valence-electron chi connectivity index (χ4n) is 6.62. The van der Waals surface area contributed by atoms with Crippen LogP contribution in [0.2, 0.25) is 0 Å². The fraction of sp³-hybridized carbons (Fsp3) is 0. The Hall–Kier alpha value is -4.92. The van der Waals surface area contributed by atoms with E-state index in [1.54, 1.807) is 0 Å². The second kappa shape index (κ2) is 8.29. The number of rotatable bonds is 2. The van der Waals surface area contributed by atoms with E-state index >= 15 is 0 Å². The normalized spacial score (nSPS) is 12.0. The summed E-state index contributed by atoms with van der Waals surface area (Å²) in [6.45, 7) is 0. The average molecular weight is 526 g/mol. The summed E-state index contributed by atoms with van der Waals surface area (Å²) in [5.41, 5.74) is 6.12. The van der Waals surface area contributed by atoms with E-state index in [-0.39, 0.29) is 0 Å². The summed E-state index contributed by atoms with van der Waals surface area (Å²) in [6.07, 6.45) is 0. The number of thiophene rings is 1. The molecule has 0 fully saturated rings. The Bertz CT molecular complexity index is 2410. The number of hydrogen-bond donors (Lipinski definition) is 0. The quantitative estimate of drug-likeness (QED) is 0.198. The molecule has 0 radical (unpaired) electrons. The molecule has 0 saturated heterocycles. The summed E-state index contributed by atoms with van der Waals surface area (Å²) in [4.78, 5) is 0. The predicted molar refractivity (Wildman–Crippen MR) is 174 cm³/mol. The van der Waals surface area contributed by atoms with Crippen LogP contribution in [-0.2, 0) is 0 Å². The first kappa shape index (κ1) is 22.0. The monoisotopic (exact) mass is 525 g/mol. The van der Waals surface area contributed by atoms with Gasteiger partial charge in [0.25, 0.3) is 0 Å². The highest BCUT2D eigenvalue weighted by molar-refractivity contribution is 7.26. The van der Waals surface area contributed by atoms with E-state index < -0.39 is 0 Å². The molecular formula is C38H23NS. The molecule has 0 amide bonds. The minimum absolute atomic E-state index is 1.18. The molecule has 2 aromatic heterocycles. The summed E-state index contributed by atoms with van der Waals surface area (Å²) in [7, 11) is 0. The molecule has 0 aliphatic rings. The zero-order chi connectivity index (χ0) is 26.2. The third-order valence-electron chi connectivity index (χ3n) is 8.39. The number of benzene rings is 7. The van der Waals surface area contributed by atoms with Crippen molar-refractivity contribution in [3.63, 3.8) is 0 Å². The van der Waals surface area contributed by atoms with Crippen LogP contribution in [0.25, 0.3) is 80.3 Å². The minimum atomic E-state index is 1.18. The molecular weight excluding hydrogens is 502 g/mol. The number of para-hydroxylation sites is 1. The highest BCUT2D eigenvalue weighted by Gasteiger charge is 2.17. The van der Waals surface area contributed by atoms with Gasteiger partial charge in [0.05, 0.1) is 11.0 Å². The Kier molecular flexibility index (Phi) is 4.55. The van der Waals surface area contributed by atoms with Gasteiger partial charge < -0.3 is 4.57 Å². The molecule has 40 heavy (non-hydrogen) atoms. The van der Waals surface area contributed by atoms with Crippen LogP contribution < -0.4 is 0 Å². The zero-order valence-corrected chi connectivity index (χ0v) is 22.5. The van der Waals surface area contributed by atoms with E-state index in [1.165, 1.54) is 80.3 Å². The zero-order valence-electron chi connectivity index (χ0n) is 21.6. The van der Waals surface area contributed by atoms with Gasteiger partial charge in [-0.25, -0.2) is 0 Å². The molecule has 0 aliphatic carbocycles. The summed E-state index contributed by atoms with van der Waals surface area (Å²) in [6, 6.07) is 51.1. The van der Waals surface area contributed by atoms with Gasteiger partial charge in [0.15, 0.2) is 0 Å². The molecule has 0 N–H and O–H groups in total. The molecule has 2 heteroatoms. The molecule has 9 rings (SSSR count). The van der Waals surface area contributed by atoms with Gasteiger partial charge in [0.1, 0.15) is 0 Å². The molecule has 2 heterocycles. The van der Waals surface area contributed by atoms with E-state index in [9.17, 15) is 0 Å². The van der Waals surface area contributed by atoms with Crippen molar-refractivity contribution in [2.45, 2.75) is 0 Å². The first-order chi connectivity index (χ1) is 19.8. The molecule has 0 spiro atoms. The van der Waals surface area contributed by atoms with Gasteiger partial charge in [-0.1, -0.05) is 103 Å². The summed E-state index contributed by atoms with van der Waals surface area (Å²) < 4.78 is 5.12. The van der Waals surface area contributed by atoms with Crippen molar-refractivity contribution in [3.8, 4) is 16.8 Å².